The molecule has 0 aliphatic heterocycles. The van der Waals surface area contributed by atoms with Gasteiger partial charge in [0.25, 0.3) is 0 Å². The lowest BCUT2D eigenvalue weighted by Gasteiger charge is -2.19. The molecule has 1 nitrogen and oxygen atoms in total. The van der Waals surface area contributed by atoms with Crippen molar-refractivity contribution in [3.63, 3.8) is 0 Å². The van der Waals surface area contributed by atoms with Gasteiger partial charge in [0.05, 0.1) is 0 Å². The molecule has 0 amide bonds. The zero-order valence-corrected chi connectivity index (χ0v) is 22.3. The second kappa shape index (κ2) is 8.55. The summed E-state index contributed by atoms with van der Waals surface area (Å²) in [6, 6.07) is 52.6. The van der Waals surface area contributed by atoms with Crippen LogP contribution in [0.15, 0.2) is 150 Å². The van der Waals surface area contributed by atoms with Crippen molar-refractivity contribution in [1.82, 2.24) is 0 Å². The Labute approximate surface area is 236 Å². The van der Waals surface area contributed by atoms with Crippen LogP contribution in [0.2, 0.25) is 0 Å². The summed E-state index contributed by atoms with van der Waals surface area (Å²) < 4.78 is 6.32. The highest BCUT2D eigenvalue weighted by Crippen LogP contribution is 2.47. The number of benzene rings is 8. The van der Waals surface area contributed by atoms with E-state index in [4.69, 9.17) is 4.42 Å². The van der Waals surface area contributed by atoms with Gasteiger partial charge in [-0.05, 0) is 89.6 Å². The second-order valence-corrected chi connectivity index (χ2v) is 10.8. The lowest BCUT2D eigenvalue weighted by molar-refractivity contribution is 0.669. The van der Waals surface area contributed by atoms with Gasteiger partial charge in [0.1, 0.15) is 11.2 Å². The van der Waals surface area contributed by atoms with E-state index in [9.17, 15) is 0 Å². The molecular weight excluding hydrogens is 496 g/mol. The van der Waals surface area contributed by atoms with Gasteiger partial charge in [-0.15, -0.1) is 0 Å². The normalized spacial score (nSPS) is 11.9. The number of hydrogen-bond donors (Lipinski definition) is 0. The Morgan fingerprint density at radius 2 is 0.829 bits per heavy atom. The van der Waals surface area contributed by atoms with Gasteiger partial charge in [-0.25, -0.2) is 0 Å². The molecule has 9 aromatic rings. The van der Waals surface area contributed by atoms with Crippen LogP contribution in [0.1, 0.15) is 0 Å². The number of para-hydroxylation sites is 1. The van der Waals surface area contributed by atoms with E-state index in [-0.39, 0.29) is 0 Å². The first kappa shape index (κ1) is 22.4. The van der Waals surface area contributed by atoms with Crippen molar-refractivity contribution in [3.05, 3.63) is 146 Å². The highest BCUT2D eigenvalue weighted by Gasteiger charge is 2.19. The van der Waals surface area contributed by atoms with E-state index in [2.05, 4.69) is 133 Å². The third-order valence-corrected chi connectivity index (χ3v) is 8.64. The van der Waals surface area contributed by atoms with Crippen LogP contribution in [0.4, 0.5) is 0 Å². The third-order valence-electron chi connectivity index (χ3n) is 8.64. The van der Waals surface area contributed by atoms with Crippen LogP contribution in [-0.2, 0) is 0 Å². The predicted molar refractivity (Wildman–Crippen MR) is 175 cm³/mol. The molecule has 0 radical (unpaired) electrons. The van der Waals surface area contributed by atoms with Crippen LogP contribution in [-0.4, -0.2) is 0 Å². The molecule has 0 spiro atoms. The highest BCUT2D eigenvalue weighted by molar-refractivity contribution is 6.26. The minimum Gasteiger partial charge on any atom is -0.456 e. The van der Waals surface area contributed by atoms with Gasteiger partial charge < -0.3 is 4.42 Å². The molecule has 9 rings (SSSR count). The summed E-state index contributed by atoms with van der Waals surface area (Å²) in [6.07, 6.45) is 0. The summed E-state index contributed by atoms with van der Waals surface area (Å²) in [5.74, 6) is 0. The molecule has 8 aromatic carbocycles. The quantitative estimate of drug-likeness (QED) is 0.163. The Hall–Kier alpha value is -5.40. The number of hydrogen-bond acceptors (Lipinski definition) is 1. The Kier molecular flexibility index (Phi) is 4.67. The number of fused-ring (bicyclic) bond motifs is 8. The number of furan rings is 1. The van der Waals surface area contributed by atoms with Crippen molar-refractivity contribution in [3.8, 4) is 22.3 Å². The van der Waals surface area contributed by atoms with Crippen molar-refractivity contribution in [2.75, 3.05) is 0 Å². The van der Waals surface area contributed by atoms with Gasteiger partial charge in [-0.3, -0.25) is 0 Å². The van der Waals surface area contributed by atoms with Gasteiger partial charge in [-0.1, -0.05) is 121 Å². The van der Waals surface area contributed by atoms with Crippen LogP contribution >= 0.6 is 0 Å². The lowest BCUT2D eigenvalue weighted by atomic mass is 9.84. The molecular formula is C40H24O. The molecule has 1 heteroatoms. The molecule has 41 heavy (non-hydrogen) atoms. The van der Waals surface area contributed by atoms with Crippen molar-refractivity contribution in [1.29, 1.82) is 0 Å². The van der Waals surface area contributed by atoms with Gasteiger partial charge in [-0.2, -0.15) is 0 Å². The van der Waals surface area contributed by atoms with Gasteiger partial charge >= 0.3 is 0 Å². The fraction of sp³-hybridized carbons (Fsp3) is 0. The molecule has 0 unspecified atom stereocenters. The molecule has 0 N–H and O–H groups in total. The van der Waals surface area contributed by atoms with E-state index in [1.807, 2.05) is 12.1 Å². The summed E-state index contributed by atoms with van der Waals surface area (Å²) in [7, 11) is 0. The molecule has 0 aliphatic rings. The Balaban J connectivity index is 1.42. The van der Waals surface area contributed by atoms with Gasteiger partial charge in [0.2, 0.25) is 0 Å². The van der Waals surface area contributed by atoms with E-state index < -0.39 is 0 Å². The fourth-order valence-corrected chi connectivity index (χ4v) is 6.87. The van der Waals surface area contributed by atoms with Gasteiger partial charge in [0, 0.05) is 10.8 Å². The molecule has 0 saturated carbocycles. The van der Waals surface area contributed by atoms with Crippen LogP contribution in [0.3, 0.4) is 0 Å². The Morgan fingerprint density at radius 3 is 1.54 bits per heavy atom. The zero-order chi connectivity index (χ0) is 26.9. The summed E-state index contributed by atoms with van der Waals surface area (Å²) >= 11 is 0. The first-order chi connectivity index (χ1) is 20.3. The SMILES string of the molecule is c1ccc2c(c1)cc(-c1c3ccccc3c(-c3ccc4c(c3)oc3ccccc34)c3ccccc13)c1ccccc12. The first-order valence-electron chi connectivity index (χ1n) is 14.1. The summed E-state index contributed by atoms with van der Waals surface area (Å²) in [5.41, 5.74) is 6.80. The van der Waals surface area contributed by atoms with Crippen molar-refractivity contribution in [2.24, 2.45) is 0 Å². The highest BCUT2D eigenvalue weighted by atomic mass is 16.3. The van der Waals surface area contributed by atoms with E-state index in [0.717, 1.165) is 21.9 Å². The van der Waals surface area contributed by atoms with E-state index in [1.165, 1.54) is 65.3 Å². The van der Waals surface area contributed by atoms with Crippen LogP contribution in [0.5, 0.6) is 0 Å². The van der Waals surface area contributed by atoms with Crippen molar-refractivity contribution >= 4 is 65.0 Å². The third kappa shape index (κ3) is 3.24. The molecule has 0 bridgehead atoms. The second-order valence-electron chi connectivity index (χ2n) is 10.8. The van der Waals surface area contributed by atoms with Crippen LogP contribution < -0.4 is 0 Å². The van der Waals surface area contributed by atoms with E-state index in [0.29, 0.717) is 0 Å². The Morgan fingerprint density at radius 1 is 0.317 bits per heavy atom. The topological polar surface area (TPSA) is 13.1 Å². The first-order valence-corrected chi connectivity index (χ1v) is 14.1. The standard InChI is InChI=1S/C40H24O/c1-2-12-27-25(11-1)23-36(29-14-4-3-13-28(27)29)40-34-18-7-5-16-32(34)39(33-17-6-8-19-35(33)40)26-21-22-31-30-15-9-10-20-37(30)41-38(31)24-26/h1-24H. The molecule has 0 atom stereocenters. The van der Waals surface area contributed by atoms with Crippen molar-refractivity contribution in [2.45, 2.75) is 0 Å². The predicted octanol–water partition coefficient (Wildman–Crippen LogP) is 11.5. The smallest absolute Gasteiger partial charge is 0.136 e. The molecule has 190 valence electrons. The minimum atomic E-state index is 0.918. The maximum Gasteiger partial charge on any atom is 0.136 e. The summed E-state index contributed by atoms with van der Waals surface area (Å²) in [4.78, 5) is 0. The molecule has 0 aliphatic carbocycles. The lowest BCUT2D eigenvalue weighted by Crippen LogP contribution is -1.92. The van der Waals surface area contributed by atoms with Crippen molar-refractivity contribution < 1.29 is 4.42 Å². The maximum atomic E-state index is 6.32. The monoisotopic (exact) mass is 520 g/mol. The largest absolute Gasteiger partial charge is 0.456 e. The van der Waals surface area contributed by atoms with E-state index >= 15 is 0 Å². The Bertz CT molecular complexity index is 2420. The summed E-state index contributed by atoms with van der Waals surface area (Å²) in [6.45, 7) is 0. The number of rotatable bonds is 2. The van der Waals surface area contributed by atoms with Gasteiger partial charge in [0.15, 0.2) is 0 Å². The molecule has 1 aromatic heterocycles. The summed E-state index contributed by atoms with van der Waals surface area (Å²) in [5, 5.41) is 12.4. The molecule has 0 saturated heterocycles. The molecule has 1 heterocycles. The average Bonchev–Trinajstić information content (AvgIpc) is 3.41. The zero-order valence-electron chi connectivity index (χ0n) is 22.3. The van der Waals surface area contributed by atoms with Crippen LogP contribution in [0, 0.1) is 0 Å². The molecule has 0 fully saturated rings. The minimum absolute atomic E-state index is 0.918. The maximum absolute atomic E-state index is 6.32. The fourth-order valence-electron chi connectivity index (χ4n) is 6.87. The van der Waals surface area contributed by atoms with Crippen LogP contribution in [0.25, 0.3) is 87.3 Å². The van der Waals surface area contributed by atoms with E-state index in [1.54, 1.807) is 0 Å². The average molecular weight is 521 g/mol.